The topological polar surface area (TPSA) is 82.2 Å². The van der Waals surface area contributed by atoms with Gasteiger partial charge < -0.3 is 15.0 Å². The number of nitrogens with one attached hydrogen (secondary N) is 1. The molecule has 0 atom stereocenters. The van der Waals surface area contributed by atoms with Crippen molar-refractivity contribution in [2.24, 2.45) is 0 Å². The molecule has 158 valence electrons. The number of nitrogens with zero attached hydrogens (tertiary/aromatic N) is 3. The molecule has 0 aromatic heterocycles. The van der Waals surface area contributed by atoms with Gasteiger partial charge in [0.1, 0.15) is 5.60 Å². The second-order valence-electron chi connectivity index (χ2n) is 8.37. The van der Waals surface area contributed by atoms with Crippen LogP contribution in [0.4, 0.5) is 4.79 Å². The minimum Gasteiger partial charge on any atom is -0.444 e. The highest BCUT2D eigenvalue weighted by atomic mass is 16.6. The maximum atomic E-state index is 12.3. The maximum Gasteiger partial charge on any atom is 0.410 e. The molecule has 0 spiro atoms. The highest BCUT2D eigenvalue weighted by Crippen LogP contribution is 2.21. The van der Waals surface area contributed by atoms with Crippen molar-refractivity contribution in [3.05, 3.63) is 35.4 Å². The fourth-order valence-corrected chi connectivity index (χ4v) is 3.48. The molecule has 29 heavy (non-hydrogen) atoms. The molecule has 0 radical (unpaired) electrons. The van der Waals surface area contributed by atoms with Gasteiger partial charge in [-0.15, -0.1) is 0 Å². The second-order valence-corrected chi connectivity index (χ2v) is 8.37. The lowest BCUT2D eigenvalue weighted by Crippen LogP contribution is -2.51. The Bertz CT molecular complexity index is 731. The van der Waals surface area contributed by atoms with E-state index in [2.05, 4.69) is 10.2 Å². The number of carbonyl (C=O) groups excluding carboxylic acids is 3. The lowest BCUT2D eigenvalue weighted by molar-refractivity contribution is 0.0146. The van der Waals surface area contributed by atoms with Gasteiger partial charge >= 0.3 is 6.09 Å². The van der Waals surface area contributed by atoms with Gasteiger partial charge in [-0.2, -0.15) is 0 Å². The Labute approximate surface area is 171 Å². The molecule has 1 N–H and O–H groups in total. The lowest BCUT2D eigenvalue weighted by atomic mass is 10.1. The van der Waals surface area contributed by atoms with E-state index >= 15 is 0 Å². The summed E-state index contributed by atoms with van der Waals surface area (Å²) in [6.45, 7) is 11.1. The van der Waals surface area contributed by atoms with Crippen LogP contribution >= 0.6 is 0 Å². The Kier molecular flexibility index (Phi) is 6.54. The third-order valence-electron chi connectivity index (χ3n) is 5.02. The van der Waals surface area contributed by atoms with Crippen LogP contribution in [0.1, 0.15) is 41.5 Å². The highest BCUT2D eigenvalue weighted by molar-refractivity contribution is 6.21. The molecule has 3 amide bonds. The molecule has 1 saturated heterocycles. The van der Waals surface area contributed by atoms with E-state index in [1.54, 1.807) is 29.2 Å². The van der Waals surface area contributed by atoms with E-state index in [9.17, 15) is 14.4 Å². The molecule has 2 aliphatic heterocycles. The molecule has 1 aromatic carbocycles. The molecule has 1 aromatic rings. The Morgan fingerprint density at radius 3 is 2.07 bits per heavy atom. The number of piperazine rings is 1. The van der Waals surface area contributed by atoms with Crippen LogP contribution in [0.3, 0.4) is 0 Å². The van der Waals surface area contributed by atoms with Gasteiger partial charge in [0, 0.05) is 52.4 Å². The number of benzene rings is 1. The van der Waals surface area contributed by atoms with Crippen LogP contribution in [0.2, 0.25) is 0 Å². The molecule has 2 aliphatic rings. The van der Waals surface area contributed by atoms with Crippen LogP contribution in [0.5, 0.6) is 0 Å². The van der Waals surface area contributed by atoms with Crippen molar-refractivity contribution in [2.45, 2.75) is 26.4 Å². The maximum absolute atomic E-state index is 12.3. The van der Waals surface area contributed by atoms with Gasteiger partial charge in [-0.05, 0) is 32.9 Å². The largest absolute Gasteiger partial charge is 0.444 e. The molecule has 8 nitrogen and oxygen atoms in total. The zero-order valence-electron chi connectivity index (χ0n) is 17.4. The van der Waals surface area contributed by atoms with Gasteiger partial charge in [-0.1, -0.05) is 12.1 Å². The monoisotopic (exact) mass is 402 g/mol. The summed E-state index contributed by atoms with van der Waals surface area (Å²) < 4.78 is 5.41. The Morgan fingerprint density at radius 1 is 0.966 bits per heavy atom. The third-order valence-corrected chi connectivity index (χ3v) is 5.02. The molecule has 1 fully saturated rings. The Morgan fingerprint density at radius 2 is 1.52 bits per heavy atom. The fourth-order valence-electron chi connectivity index (χ4n) is 3.48. The van der Waals surface area contributed by atoms with Gasteiger partial charge in [-0.3, -0.25) is 19.4 Å². The summed E-state index contributed by atoms with van der Waals surface area (Å²) >= 11 is 0. The second kappa shape index (κ2) is 8.92. The quantitative estimate of drug-likeness (QED) is 0.573. The summed E-state index contributed by atoms with van der Waals surface area (Å²) in [5.74, 6) is -0.434. The number of hydrogen-bond donors (Lipinski definition) is 1. The first-order chi connectivity index (χ1) is 13.8. The average molecular weight is 402 g/mol. The minimum absolute atomic E-state index is 0.217. The van der Waals surface area contributed by atoms with Crippen LogP contribution in [-0.2, 0) is 4.74 Å². The van der Waals surface area contributed by atoms with Gasteiger partial charge in [0.15, 0.2) is 0 Å². The van der Waals surface area contributed by atoms with Gasteiger partial charge in [0.05, 0.1) is 11.1 Å². The summed E-state index contributed by atoms with van der Waals surface area (Å²) in [5, 5.41) is 3.30. The Balaban J connectivity index is 1.32. The fraction of sp³-hybridized carbons (Fsp3) is 0.571. The van der Waals surface area contributed by atoms with Crippen LogP contribution in [-0.4, -0.2) is 90.6 Å². The molecule has 0 saturated carbocycles. The standard InChI is InChI=1S/C21H30N4O4/c1-21(2,3)29-20(28)24-14-12-23(13-15-24)10-8-22-9-11-25-18(26)16-6-4-5-7-17(16)19(25)27/h4-7,22H,8-15H2,1-3H3. The number of fused-ring (bicyclic) bond motifs is 1. The predicted octanol–water partition coefficient (Wildman–Crippen LogP) is 1.42. The number of amides is 3. The first kappa shape index (κ1) is 21.3. The molecule has 0 unspecified atom stereocenters. The molecular weight excluding hydrogens is 372 g/mol. The van der Waals surface area contributed by atoms with Gasteiger partial charge in [0.25, 0.3) is 11.8 Å². The van der Waals surface area contributed by atoms with Crippen LogP contribution < -0.4 is 5.32 Å². The normalized spacial score (nSPS) is 17.6. The summed E-state index contributed by atoms with van der Waals surface area (Å²) in [6, 6.07) is 6.93. The van der Waals surface area contributed by atoms with Gasteiger partial charge in [0.2, 0.25) is 0 Å². The third kappa shape index (κ3) is 5.33. The van der Waals surface area contributed by atoms with E-state index in [1.165, 1.54) is 4.90 Å². The number of imide groups is 1. The zero-order valence-corrected chi connectivity index (χ0v) is 17.4. The summed E-state index contributed by atoms with van der Waals surface area (Å²) in [5.41, 5.74) is 0.498. The summed E-state index contributed by atoms with van der Waals surface area (Å²) in [6.07, 6.45) is -0.254. The van der Waals surface area contributed by atoms with Gasteiger partial charge in [-0.25, -0.2) is 4.79 Å². The van der Waals surface area contributed by atoms with Crippen LogP contribution in [0.25, 0.3) is 0 Å². The van der Waals surface area contributed by atoms with Crippen molar-refractivity contribution in [3.8, 4) is 0 Å². The molecule has 0 aliphatic carbocycles. The Hall–Kier alpha value is -2.45. The highest BCUT2D eigenvalue weighted by Gasteiger charge is 2.34. The first-order valence-electron chi connectivity index (χ1n) is 10.1. The van der Waals surface area contributed by atoms with E-state index in [-0.39, 0.29) is 17.9 Å². The van der Waals surface area contributed by atoms with Crippen molar-refractivity contribution in [1.29, 1.82) is 0 Å². The van der Waals surface area contributed by atoms with E-state index in [4.69, 9.17) is 4.74 Å². The molecule has 8 heteroatoms. The number of carbonyl (C=O) groups is 3. The summed E-state index contributed by atoms with van der Waals surface area (Å²) in [4.78, 5) is 42.1. The number of ether oxygens (including phenoxy) is 1. The molecule has 3 rings (SSSR count). The molecule has 2 heterocycles. The molecular formula is C21H30N4O4. The summed E-state index contributed by atoms with van der Waals surface area (Å²) in [7, 11) is 0. The minimum atomic E-state index is -0.475. The van der Waals surface area contributed by atoms with E-state index in [0.717, 1.165) is 26.2 Å². The molecule has 0 bridgehead atoms. The van der Waals surface area contributed by atoms with Crippen LogP contribution in [0.15, 0.2) is 24.3 Å². The van der Waals surface area contributed by atoms with Crippen molar-refractivity contribution >= 4 is 17.9 Å². The number of rotatable bonds is 6. The lowest BCUT2D eigenvalue weighted by Gasteiger charge is -2.35. The van der Waals surface area contributed by atoms with E-state index < -0.39 is 5.60 Å². The SMILES string of the molecule is CC(C)(C)OC(=O)N1CCN(CCNCCN2C(=O)c3ccccc3C2=O)CC1. The van der Waals surface area contributed by atoms with Crippen molar-refractivity contribution in [2.75, 3.05) is 52.4 Å². The van der Waals surface area contributed by atoms with Crippen LogP contribution in [0, 0.1) is 0 Å². The average Bonchev–Trinajstić information content (AvgIpc) is 2.92. The predicted molar refractivity (Wildman–Crippen MR) is 109 cm³/mol. The van der Waals surface area contributed by atoms with E-state index in [1.807, 2.05) is 20.8 Å². The first-order valence-corrected chi connectivity index (χ1v) is 10.1. The number of hydrogen-bond acceptors (Lipinski definition) is 6. The van der Waals surface area contributed by atoms with Crippen molar-refractivity contribution in [3.63, 3.8) is 0 Å². The van der Waals surface area contributed by atoms with Crippen molar-refractivity contribution < 1.29 is 19.1 Å². The van der Waals surface area contributed by atoms with E-state index in [0.29, 0.717) is 37.3 Å². The zero-order chi connectivity index (χ0) is 21.0. The van der Waals surface area contributed by atoms with Crippen molar-refractivity contribution in [1.82, 2.24) is 20.0 Å². The smallest absolute Gasteiger partial charge is 0.410 e.